The molecule has 0 aliphatic carbocycles. The second kappa shape index (κ2) is 6.81. The number of hydrogen-bond acceptors (Lipinski definition) is 3. The number of nitrogens with one attached hydrogen (secondary N) is 2. The Morgan fingerprint density at radius 1 is 1.21 bits per heavy atom. The van der Waals surface area contributed by atoms with Crippen LogP contribution in [0.4, 0.5) is 18.9 Å². The summed E-state index contributed by atoms with van der Waals surface area (Å²) >= 11 is 5.80. The summed E-state index contributed by atoms with van der Waals surface area (Å²) < 4.78 is 39.1. The molecule has 2 rings (SSSR count). The Hall–Kier alpha value is -2.72. The van der Waals surface area contributed by atoms with E-state index in [1.807, 2.05) is 0 Å². The van der Waals surface area contributed by atoms with Crippen molar-refractivity contribution in [3.05, 3.63) is 63.7 Å². The van der Waals surface area contributed by atoms with E-state index in [4.69, 9.17) is 16.9 Å². The Morgan fingerprint density at radius 2 is 1.92 bits per heavy atom. The molecule has 0 fully saturated rings. The van der Waals surface area contributed by atoms with Crippen LogP contribution in [0.15, 0.2) is 36.4 Å². The first-order valence-electron chi connectivity index (χ1n) is 6.66. The van der Waals surface area contributed by atoms with Gasteiger partial charge in [0.15, 0.2) is 0 Å². The summed E-state index contributed by atoms with van der Waals surface area (Å²) in [5.41, 5.74) is 3.78. The molecule has 2 N–H and O–H groups in total. The van der Waals surface area contributed by atoms with Crippen LogP contribution in [0.5, 0.6) is 0 Å². The molecular weight excluding hydrogens is 343 g/mol. The van der Waals surface area contributed by atoms with E-state index in [1.54, 1.807) is 19.1 Å². The maximum atomic E-state index is 13.0. The quantitative estimate of drug-likeness (QED) is 0.809. The summed E-state index contributed by atoms with van der Waals surface area (Å²) in [5, 5.41) is 9.17. The molecule has 0 spiro atoms. The van der Waals surface area contributed by atoms with E-state index in [9.17, 15) is 18.0 Å². The smallest absolute Gasteiger partial charge is 0.298 e. The van der Waals surface area contributed by atoms with Crippen LogP contribution in [0.3, 0.4) is 0 Å². The lowest BCUT2D eigenvalue weighted by atomic mass is 10.1. The number of nitriles is 1. The first-order valence-corrected chi connectivity index (χ1v) is 7.04. The molecule has 0 atom stereocenters. The summed E-state index contributed by atoms with van der Waals surface area (Å²) in [6.07, 6.45) is -4.67. The molecule has 2 aromatic rings. The van der Waals surface area contributed by atoms with Crippen molar-refractivity contribution in [3.8, 4) is 6.07 Å². The second-order valence-electron chi connectivity index (χ2n) is 4.91. The summed E-state index contributed by atoms with van der Waals surface area (Å²) in [6.45, 7) is 1.66. The van der Waals surface area contributed by atoms with Crippen LogP contribution in [0, 0.1) is 18.3 Å². The molecule has 0 radical (unpaired) electrons. The fourth-order valence-corrected chi connectivity index (χ4v) is 2.26. The van der Waals surface area contributed by atoms with E-state index in [0.29, 0.717) is 16.7 Å². The van der Waals surface area contributed by atoms with E-state index in [0.717, 1.165) is 6.07 Å². The van der Waals surface area contributed by atoms with E-state index in [1.165, 1.54) is 18.2 Å². The van der Waals surface area contributed by atoms with Gasteiger partial charge in [-0.25, -0.2) is 0 Å². The van der Waals surface area contributed by atoms with Crippen molar-refractivity contribution in [3.63, 3.8) is 0 Å². The number of benzene rings is 2. The number of carbonyl (C=O) groups is 1. The van der Waals surface area contributed by atoms with Gasteiger partial charge in [-0.05, 0) is 48.9 Å². The maximum absolute atomic E-state index is 13.0. The number of rotatable bonds is 3. The summed E-state index contributed by atoms with van der Waals surface area (Å²) in [6, 6.07) is 9.20. The van der Waals surface area contributed by atoms with Crippen LogP contribution < -0.4 is 10.9 Å². The van der Waals surface area contributed by atoms with Gasteiger partial charge in [-0.15, -0.1) is 0 Å². The standard InChI is InChI=1S/C16H11ClF3N3O/c1-9-6-11(17)3-4-12(9)15(24)23-22-14-5-2-10(8-21)7-13(14)16(18,19)20/h2-7,22H,1H3,(H,23,24). The van der Waals surface area contributed by atoms with Crippen molar-refractivity contribution < 1.29 is 18.0 Å². The Bertz CT molecular complexity index is 828. The van der Waals surface area contributed by atoms with Crippen molar-refractivity contribution in [1.82, 2.24) is 5.43 Å². The zero-order chi connectivity index (χ0) is 17.9. The molecule has 0 saturated heterocycles. The minimum Gasteiger partial charge on any atom is -0.298 e. The Kier molecular flexibility index (Phi) is 5.00. The topological polar surface area (TPSA) is 64.9 Å². The van der Waals surface area contributed by atoms with E-state index < -0.39 is 17.6 Å². The van der Waals surface area contributed by atoms with Crippen LogP contribution in [-0.4, -0.2) is 5.91 Å². The Labute approximate surface area is 140 Å². The van der Waals surface area contributed by atoms with Gasteiger partial charge in [-0.2, -0.15) is 18.4 Å². The highest BCUT2D eigenvalue weighted by atomic mass is 35.5. The lowest BCUT2D eigenvalue weighted by Crippen LogP contribution is -2.31. The normalized spacial score (nSPS) is 10.8. The zero-order valence-electron chi connectivity index (χ0n) is 12.3. The minimum absolute atomic E-state index is 0.132. The van der Waals surface area contributed by atoms with Crippen molar-refractivity contribution in [2.24, 2.45) is 0 Å². The highest BCUT2D eigenvalue weighted by Gasteiger charge is 2.34. The fraction of sp³-hybridized carbons (Fsp3) is 0.125. The predicted molar refractivity (Wildman–Crippen MR) is 83.4 cm³/mol. The average Bonchev–Trinajstić information content (AvgIpc) is 2.51. The monoisotopic (exact) mass is 353 g/mol. The van der Waals surface area contributed by atoms with Gasteiger partial charge in [0.2, 0.25) is 0 Å². The fourth-order valence-electron chi connectivity index (χ4n) is 2.03. The van der Waals surface area contributed by atoms with Gasteiger partial charge in [0, 0.05) is 10.6 Å². The van der Waals surface area contributed by atoms with Gasteiger partial charge in [0.1, 0.15) is 0 Å². The molecule has 0 aromatic heterocycles. The van der Waals surface area contributed by atoms with Crippen molar-refractivity contribution in [1.29, 1.82) is 5.26 Å². The third-order valence-electron chi connectivity index (χ3n) is 3.20. The van der Waals surface area contributed by atoms with Crippen LogP contribution in [0.1, 0.15) is 27.0 Å². The number of anilines is 1. The third kappa shape index (κ3) is 3.97. The number of halogens is 4. The minimum atomic E-state index is -4.67. The molecule has 1 amide bonds. The van der Waals surface area contributed by atoms with Gasteiger partial charge >= 0.3 is 6.18 Å². The van der Waals surface area contributed by atoms with E-state index in [-0.39, 0.29) is 16.8 Å². The average molecular weight is 354 g/mol. The van der Waals surface area contributed by atoms with Crippen LogP contribution in [-0.2, 0) is 6.18 Å². The largest absolute Gasteiger partial charge is 0.418 e. The van der Waals surface area contributed by atoms with Crippen LogP contribution >= 0.6 is 11.6 Å². The van der Waals surface area contributed by atoms with E-state index >= 15 is 0 Å². The molecule has 2 aromatic carbocycles. The summed E-state index contributed by atoms with van der Waals surface area (Å²) in [4.78, 5) is 12.1. The zero-order valence-corrected chi connectivity index (χ0v) is 13.1. The molecule has 8 heteroatoms. The number of nitrogens with zero attached hydrogens (tertiary/aromatic N) is 1. The van der Waals surface area contributed by atoms with Gasteiger partial charge in [-0.3, -0.25) is 15.6 Å². The highest BCUT2D eigenvalue weighted by Crippen LogP contribution is 2.35. The lowest BCUT2D eigenvalue weighted by Gasteiger charge is -2.16. The van der Waals surface area contributed by atoms with Crippen LogP contribution in [0.2, 0.25) is 5.02 Å². The summed E-state index contributed by atoms with van der Waals surface area (Å²) in [7, 11) is 0. The number of alkyl halides is 3. The Balaban J connectivity index is 2.23. The van der Waals surface area contributed by atoms with Gasteiger partial charge in [-0.1, -0.05) is 11.6 Å². The first kappa shape index (κ1) is 17.6. The molecule has 0 heterocycles. The molecule has 0 aliphatic rings. The maximum Gasteiger partial charge on any atom is 0.418 e. The highest BCUT2D eigenvalue weighted by molar-refractivity contribution is 6.30. The molecule has 4 nitrogen and oxygen atoms in total. The van der Waals surface area contributed by atoms with Crippen molar-refractivity contribution in [2.75, 3.05) is 5.43 Å². The third-order valence-corrected chi connectivity index (χ3v) is 3.43. The van der Waals surface area contributed by atoms with Crippen molar-refractivity contribution >= 4 is 23.2 Å². The molecular formula is C16H11ClF3N3O. The first-order chi connectivity index (χ1) is 11.2. The molecule has 0 aliphatic heterocycles. The van der Waals surface area contributed by atoms with E-state index in [2.05, 4.69) is 10.9 Å². The van der Waals surface area contributed by atoms with Crippen molar-refractivity contribution in [2.45, 2.75) is 13.1 Å². The number of carbonyl (C=O) groups excluding carboxylic acids is 1. The van der Waals surface area contributed by atoms with Crippen LogP contribution in [0.25, 0.3) is 0 Å². The lowest BCUT2D eigenvalue weighted by molar-refractivity contribution is -0.137. The number of hydrazine groups is 1. The predicted octanol–water partition coefficient (Wildman–Crippen LogP) is 4.30. The molecule has 124 valence electrons. The molecule has 0 saturated carbocycles. The Morgan fingerprint density at radius 3 is 2.50 bits per heavy atom. The second-order valence-corrected chi connectivity index (χ2v) is 5.34. The SMILES string of the molecule is Cc1cc(Cl)ccc1C(=O)NNc1ccc(C#N)cc1C(F)(F)F. The molecule has 0 unspecified atom stereocenters. The number of amides is 1. The van der Waals surface area contributed by atoms with Gasteiger partial charge in [0.25, 0.3) is 5.91 Å². The molecule has 24 heavy (non-hydrogen) atoms. The number of hydrogen-bond donors (Lipinski definition) is 2. The molecule has 0 bridgehead atoms. The summed E-state index contributed by atoms with van der Waals surface area (Å²) in [5.74, 6) is -0.610. The van der Waals surface area contributed by atoms with Gasteiger partial charge in [0.05, 0.1) is 22.9 Å². The van der Waals surface area contributed by atoms with Gasteiger partial charge < -0.3 is 0 Å². The number of aryl methyl sites for hydroxylation is 1.